The number of likely N-dealkylation sites (tertiary alicyclic amines) is 1. The number of rotatable bonds is 7. The minimum atomic E-state index is 0.232. The number of carbonyl (C=O) groups is 1. The highest BCUT2D eigenvalue weighted by Gasteiger charge is 2.24. The van der Waals surface area contributed by atoms with E-state index >= 15 is 0 Å². The van der Waals surface area contributed by atoms with E-state index in [2.05, 4.69) is 6.92 Å². The number of carbonyl (C=O) groups excluding carboxylic acids is 1. The number of nitrogens with two attached hydrogens (primary N) is 1. The summed E-state index contributed by atoms with van der Waals surface area (Å²) >= 11 is 0. The summed E-state index contributed by atoms with van der Waals surface area (Å²) in [7, 11) is 0. The van der Waals surface area contributed by atoms with Crippen molar-refractivity contribution in [2.45, 2.75) is 32.6 Å². The van der Waals surface area contributed by atoms with E-state index in [1.807, 2.05) is 4.90 Å². The van der Waals surface area contributed by atoms with Gasteiger partial charge in [0.25, 0.3) is 0 Å². The fourth-order valence-corrected chi connectivity index (χ4v) is 2.09. The molecule has 0 aromatic heterocycles. The van der Waals surface area contributed by atoms with E-state index in [4.69, 9.17) is 10.5 Å². The Bertz CT molecular complexity index is 209. The molecule has 0 bridgehead atoms. The molecule has 1 aliphatic heterocycles. The minimum Gasteiger partial charge on any atom is -0.381 e. The zero-order valence-electron chi connectivity index (χ0n) is 10.3. The molecule has 4 nitrogen and oxygen atoms in total. The normalized spacial score (nSPS) is 20.4. The van der Waals surface area contributed by atoms with Crippen LogP contribution in [0, 0.1) is 5.92 Å². The van der Waals surface area contributed by atoms with Gasteiger partial charge in [0, 0.05) is 19.7 Å². The second-order valence-corrected chi connectivity index (χ2v) is 4.43. The predicted molar refractivity (Wildman–Crippen MR) is 64.1 cm³/mol. The van der Waals surface area contributed by atoms with Crippen molar-refractivity contribution in [1.29, 1.82) is 0 Å². The summed E-state index contributed by atoms with van der Waals surface area (Å²) in [6.45, 7) is 5.90. The Labute approximate surface area is 98.1 Å². The molecule has 1 unspecified atom stereocenters. The summed E-state index contributed by atoms with van der Waals surface area (Å²) in [6.07, 6.45) is 3.68. The summed E-state index contributed by atoms with van der Waals surface area (Å²) in [5, 5.41) is 0. The van der Waals surface area contributed by atoms with Crippen LogP contribution in [0.2, 0.25) is 0 Å². The summed E-state index contributed by atoms with van der Waals surface area (Å²) < 4.78 is 5.32. The molecule has 4 heteroatoms. The van der Waals surface area contributed by atoms with Crippen molar-refractivity contribution in [3.8, 4) is 0 Å². The van der Waals surface area contributed by atoms with E-state index < -0.39 is 0 Å². The van der Waals surface area contributed by atoms with Gasteiger partial charge in [-0.1, -0.05) is 6.92 Å². The number of nitrogens with zero attached hydrogens (tertiary/aromatic N) is 1. The second-order valence-electron chi connectivity index (χ2n) is 4.43. The lowest BCUT2D eigenvalue weighted by atomic mass is 10.1. The standard InChI is InChI=1S/C12H24N2O2/c1-2-8-16-9-5-12(15)14-7-4-11(10-14)3-6-13/h11H,2-10,13H2,1H3. The highest BCUT2D eigenvalue weighted by atomic mass is 16.5. The van der Waals surface area contributed by atoms with E-state index in [0.29, 0.717) is 18.9 Å². The van der Waals surface area contributed by atoms with E-state index in [0.717, 1.165) is 45.5 Å². The monoisotopic (exact) mass is 228 g/mol. The number of ether oxygens (including phenoxy) is 1. The van der Waals surface area contributed by atoms with Gasteiger partial charge in [-0.15, -0.1) is 0 Å². The Kier molecular flexibility index (Phi) is 6.42. The van der Waals surface area contributed by atoms with Gasteiger partial charge in [0.15, 0.2) is 0 Å². The average Bonchev–Trinajstić information content (AvgIpc) is 2.73. The Morgan fingerprint density at radius 1 is 1.50 bits per heavy atom. The first-order valence-corrected chi connectivity index (χ1v) is 6.33. The molecule has 1 fully saturated rings. The maximum absolute atomic E-state index is 11.8. The van der Waals surface area contributed by atoms with Crippen LogP contribution in [0.3, 0.4) is 0 Å². The zero-order chi connectivity index (χ0) is 11.8. The Hall–Kier alpha value is -0.610. The lowest BCUT2D eigenvalue weighted by Crippen LogP contribution is -2.29. The van der Waals surface area contributed by atoms with Crippen LogP contribution in [0.4, 0.5) is 0 Å². The molecule has 1 rings (SSSR count). The van der Waals surface area contributed by atoms with Crippen molar-refractivity contribution in [2.75, 3.05) is 32.8 Å². The van der Waals surface area contributed by atoms with Crippen molar-refractivity contribution in [1.82, 2.24) is 4.90 Å². The van der Waals surface area contributed by atoms with Crippen molar-refractivity contribution in [2.24, 2.45) is 11.7 Å². The average molecular weight is 228 g/mol. The molecule has 0 radical (unpaired) electrons. The largest absolute Gasteiger partial charge is 0.381 e. The Morgan fingerprint density at radius 3 is 3.00 bits per heavy atom. The third-order valence-electron chi connectivity index (χ3n) is 3.02. The highest BCUT2D eigenvalue weighted by molar-refractivity contribution is 5.76. The molecule has 2 N–H and O–H groups in total. The number of hydrogen-bond donors (Lipinski definition) is 1. The van der Waals surface area contributed by atoms with E-state index in [1.165, 1.54) is 0 Å². The van der Waals surface area contributed by atoms with Crippen LogP contribution in [0.25, 0.3) is 0 Å². The van der Waals surface area contributed by atoms with Gasteiger partial charge < -0.3 is 15.4 Å². The smallest absolute Gasteiger partial charge is 0.224 e. The third-order valence-corrected chi connectivity index (χ3v) is 3.02. The van der Waals surface area contributed by atoms with Gasteiger partial charge in [0.1, 0.15) is 0 Å². The second kappa shape index (κ2) is 7.63. The molecule has 0 saturated carbocycles. The van der Waals surface area contributed by atoms with Gasteiger partial charge in [-0.2, -0.15) is 0 Å². The molecule has 1 atom stereocenters. The maximum atomic E-state index is 11.8. The lowest BCUT2D eigenvalue weighted by molar-refractivity contribution is -0.131. The minimum absolute atomic E-state index is 0.232. The number of hydrogen-bond acceptors (Lipinski definition) is 3. The molecule has 1 saturated heterocycles. The fraction of sp³-hybridized carbons (Fsp3) is 0.917. The molecule has 1 amide bonds. The van der Waals surface area contributed by atoms with Gasteiger partial charge in [-0.25, -0.2) is 0 Å². The summed E-state index contributed by atoms with van der Waals surface area (Å²) in [4.78, 5) is 13.7. The highest BCUT2D eigenvalue weighted by Crippen LogP contribution is 2.19. The molecule has 0 aliphatic carbocycles. The molecular formula is C12H24N2O2. The van der Waals surface area contributed by atoms with Crippen LogP contribution >= 0.6 is 0 Å². The maximum Gasteiger partial charge on any atom is 0.224 e. The lowest BCUT2D eigenvalue weighted by Gasteiger charge is -2.16. The van der Waals surface area contributed by atoms with Crippen LogP contribution in [0.5, 0.6) is 0 Å². The summed E-state index contributed by atoms with van der Waals surface area (Å²) in [6, 6.07) is 0. The van der Waals surface area contributed by atoms with Crippen molar-refractivity contribution in [3.63, 3.8) is 0 Å². The number of amides is 1. The van der Waals surface area contributed by atoms with Crippen molar-refractivity contribution in [3.05, 3.63) is 0 Å². The fourth-order valence-electron chi connectivity index (χ4n) is 2.09. The van der Waals surface area contributed by atoms with Crippen LogP contribution in [0.1, 0.15) is 32.6 Å². The van der Waals surface area contributed by atoms with E-state index in [9.17, 15) is 4.79 Å². The molecule has 1 heterocycles. The molecular weight excluding hydrogens is 204 g/mol. The van der Waals surface area contributed by atoms with Crippen LogP contribution in [-0.2, 0) is 9.53 Å². The van der Waals surface area contributed by atoms with Gasteiger partial charge in [-0.05, 0) is 31.7 Å². The van der Waals surface area contributed by atoms with Gasteiger partial charge in [-0.3, -0.25) is 4.79 Å². The Balaban J connectivity index is 2.13. The van der Waals surface area contributed by atoms with E-state index in [-0.39, 0.29) is 5.91 Å². The molecule has 0 spiro atoms. The predicted octanol–water partition coefficient (Wildman–Crippen LogP) is 1.00. The first kappa shape index (κ1) is 13.5. The first-order chi connectivity index (χ1) is 7.77. The van der Waals surface area contributed by atoms with Crippen LogP contribution < -0.4 is 5.73 Å². The van der Waals surface area contributed by atoms with Crippen LogP contribution in [0.15, 0.2) is 0 Å². The quantitative estimate of drug-likeness (QED) is 0.661. The van der Waals surface area contributed by atoms with E-state index in [1.54, 1.807) is 0 Å². The molecule has 1 aliphatic rings. The van der Waals surface area contributed by atoms with Gasteiger partial charge in [0.05, 0.1) is 13.0 Å². The molecule has 0 aromatic rings. The van der Waals surface area contributed by atoms with Crippen molar-refractivity contribution >= 4 is 5.91 Å². The van der Waals surface area contributed by atoms with Crippen molar-refractivity contribution < 1.29 is 9.53 Å². The zero-order valence-corrected chi connectivity index (χ0v) is 10.3. The van der Waals surface area contributed by atoms with Gasteiger partial charge >= 0.3 is 0 Å². The van der Waals surface area contributed by atoms with Gasteiger partial charge in [0.2, 0.25) is 5.91 Å². The Morgan fingerprint density at radius 2 is 2.31 bits per heavy atom. The first-order valence-electron chi connectivity index (χ1n) is 6.33. The summed E-state index contributed by atoms with van der Waals surface area (Å²) in [5.74, 6) is 0.848. The topological polar surface area (TPSA) is 55.6 Å². The SMILES string of the molecule is CCCOCCC(=O)N1CCC(CCN)C1. The summed E-state index contributed by atoms with van der Waals surface area (Å²) in [5.41, 5.74) is 5.52. The molecule has 16 heavy (non-hydrogen) atoms. The molecule has 0 aromatic carbocycles. The third kappa shape index (κ3) is 4.49. The molecule has 94 valence electrons. The van der Waals surface area contributed by atoms with Crippen LogP contribution in [-0.4, -0.2) is 43.7 Å².